The third-order valence-electron chi connectivity index (χ3n) is 3.38. The van der Waals surface area contributed by atoms with E-state index < -0.39 is 10.0 Å². The Morgan fingerprint density at radius 2 is 1.83 bits per heavy atom. The Labute approximate surface area is 144 Å². The molecule has 23 heavy (non-hydrogen) atoms. The molecule has 0 amide bonds. The Hall–Kier alpha value is -1.60. The summed E-state index contributed by atoms with van der Waals surface area (Å²) in [5.74, 6) is 0. The zero-order valence-corrected chi connectivity index (χ0v) is 14.5. The predicted octanol–water partition coefficient (Wildman–Crippen LogP) is 3.73. The molecule has 0 radical (unpaired) electrons. The molecule has 7 heteroatoms. The van der Waals surface area contributed by atoms with Gasteiger partial charge in [0.15, 0.2) is 0 Å². The van der Waals surface area contributed by atoms with Gasteiger partial charge in [0.2, 0.25) is 10.0 Å². The first kappa shape index (κ1) is 16.3. The molecule has 0 saturated heterocycles. The van der Waals surface area contributed by atoms with Gasteiger partial charge in [-0.25, -0.2) is 13.1 Å². The summed E-state index contributed by atoms with van der Waals surface area (Å²) in [6.07, 6.45) is 1.94. The van der Waals surface area contributed by atoms with Gasteiger partial charge in [0, 0.05) is 18.4 Å². The number of hydrogen-bond donors (Lipinski definition) is 1. The van der Waals surface area contributed by atoms with Crippen LogP contribution in [0.4, 0.5) is 0 Å². The number of nitrogens with one attached hydrogen (secondary N) is 1. The zero-order chi connectivity index (χ0) is 16.3. The first-order chi connectivity index (χ1) is 11.0. The van der Waals surface area contributed by atoms with Crippen LogP contribution in [0.25, 0.3) is 0 Å². The number of benzene rings is 1. The normalized spacial score (nSPS) is 11.7. The van der Waals surface area contributed by atoms with Crippen LogP contribution in [0, 0.1) is 0 Å². The van der Waals surface area contributed by atoms with Crippen LogP contribution in [0.2, 0.25) is 4.34 Å². The molecule has 0 fully saturated rings. The maximum Gasteiger partial charge on any atom is 0.250 e. The number of nitrogens with zero attached hydrogens (tertiary/aromatic N) is 1. The molecule has 2 heterocycles. The molecule has 3 rings (SSSR count). The highest BCUT2D eigenvalue weighted by Gasteiger charge is 2.16. The van der Waals surface area contributed by atoms with Crippen molar-refractivity contribution in [1.29, 1.82) is 0 Å². The number of halogens is 1. The second-order valence-corrected chi connectivity index (χ2v) is 8.70. The standard InChI is InChI=1S/C16H15ClN2O2S2/c17-15-8-9-16(22-15)23(20,21)18-11-14-7-4-10-19(14)12-13-5-2-1-3-6-13/h1-10,18H,11-12H2. The number of aromatic nitrogens is 1. The number of thiophene rings is 1. The molecular weight excluding hydrogens is 352 g/mol. The molecule has 0 bridgehead atoms. The molecule has 0 aliphatic rings. The van der Waals surface area contributed by atoms with E-state index in [9.17, 15) is 8.42 Å². The Morgan fingerprint density at radius 1 is 1.04 bits per heavy atom. The highest BCUT2D eigenvalue weighted by Crippen LogP contribution is 2.25. The third-order valence-corrected chi connectivity index (χ3v) is 6.50. The van der Waals surface area contributed by atoms with Crippen LogP contribution in [0.5, 0.6) is 0 Å². The first-order valence-electron chi connectivity index (χ1n) is 6.97. The summed E-state index contributed by atoms with van der Waals surface area (Å²) >= 11 is 6.85. The number of sulfonamides is 1. The Morgan fingerprint density at radius 3 is 2.52 bits per heavy atom. The molecule has 1 aromatic carbocycles. The largest absolute Gasteiger partial charge is 0.346 e. The number of rotatable bonds is 6. The lowest BCUT2D eigenvalue weighted by Crippen LogP contribution is -2.23. The maximum absolute atomic E-state index is 12.2. The van der Waals surface area contributed by atoms with Gasteiger partial charge < -0.3 is 4.57 Å². The summed E-state index contributed by atoms with van der Waals surface area (Å²) < 4.78 is 29.8. The van der Waals surface area contributed by atoms with Gasteiger partial charge in [0.25, 0.3) is 0 Å². The fourth-order valence-corrected chi connectivity index (χ4v) is 4.75. The molecule has 0 unspecified atom stereocenters. The molecule has 2 aromatic heterocycles. The fraction of sp³-hybridized carbons (Fsp3) is 0.125. The monoisotopic (exact) mass is 366 g/mol. The second-order valence-electron chi connectivity index (χ2n) is 5.00. The van der Waals surface area contributed by atoms with Crippen LogP contribution < -0.4 is 4.72 Å². The van der Waals surface area contributed by atoms with Crippen molar-refractivity contribution in [1.82, 2.24) is 9.29 Å². The van der Waals surface area contributed by atoms with Crippen molar-refractivity contribution in [2.24, 2.45) is 0 Å². The summed E-state index contributed by atoms with van der Waals surface area (Å²) in [7, 11) is -3.53. The van der Waals surface area contributed by atoms with Crippen LogP contribution in [0.15, 0.2) is 65.0 Å². The fourth-order valence-electron chi connectivity index (χ4n) is 2.23. The van der Waals surface area contributed by atoms with E-state index in [4.69, 9.17) is 11.6 Å². The summed E-state index contributed by atoms with van der Waals surface area (Å²) in [5, 5.41) is 0. The Bertz CT molecular complexity index is 886. The van der Waals surface area contributed by atoms with Gasteiger partial charge in [-0.3, -0.25) is 0 Å². The van der Waals surface area contributed by atoms with Gasteiger partial charge in [-0.2, -0.15) is 0 Å². The average Bonchev–Trinajstić information content (AvgIpc) is 3.16. The van der Waals surface area contributed by atoms with Crippen LogP contribution >= 0.6 is 22.9 Å². The van der Waals surface area contributed by atoms with Crippen molar-refractivity contribution in [3.63, 3.8) is 0 Å². The van der Waals surface area contributed by atoms with Gasteiger partial charge in [0.05, 0.1) is 10.9 Å². The molecule has 120 valence electrons. The second kappa shape index (κ2) is 6.88. The van der Waals surface area contributed by atoms with Gasteiger partial charge in [-0.1, -0.05) is 41.9 Å². The van der Waals surface area contributed by atoms with Crippen molar-refractivity contribution in [3.05, 3.63) is 76.4 Å². The van der Waals surface area contributed by atoms with E-state index in [0.29, 0.717) is 10.9 Å². The molecule has 0 spiro atoms. The van der Waals surface area contributed by atoms with Gasteiger partial charge in [0.1, 0.15) is 4.21 Å². The maximum atomic E-state index is 12.2. The van der Waals surface area contributed by atoms with Crippen molar-refractivity contribution in [2.45, 2.75) is 17.3 Å². The third kappa shape index (κ3) is 4.03. The summed E-state index contributed by atoms with van der Waals surface area (Å²) in [4.78, 5) is 0. The SMILES string of the molecule is O=S(=O)(NCc1cccn1Cc1ccccc1)c1ccc(Cl)s1. The lowest BCUT2D eigenvalue weighted by Gasteiger charge is -2.10. The molecule has 1 N–H and O–H groups in total. The summed E-state index contributed by atoms with van der Waals surface area (Å²) in [5.41, 5.74) is 2.07. The van der Waals surface area contributed by atoms with Gasteiger partial charge >= 0.3 is 0 Å². The van der Waals surface area contributed by atoms with Crippen LogP contribution in [-0.4, -0.2) is 13.0 Å². The highest BCUT2D eigenvalue weighted by atomic mass is 35.5. The van der Waals surface area contributed by atoms with E-state index in [1.807, 2.05) is 53.2 Å². The molecule has 0 saturated carbocycles. The Balaban J connectivity index is 1.71. The summed E-state index contributed by atoms with van der Waals surface area (Å²) in [6.45, 7) is 0.938. The quantitative estimate of drug-likeness (QED) is 0.722. The zero-order valence-electron chi connectivity index (χ0n) is 12.1. The van der Waals surface area contributed by atoms with E-state index in [1.165, 1.54) is 6.07 Å². The molecule has 4 nitrogen and oxygen atoms in total. The minimum Gasteiger partial charge on any atom is -0.346 e. The molecule has 0 aliphatic carbocycles. The topological polar surface area (TPSA) is 51.1 Å². The highest BCUT2D eigenvalue weighted by molar-refractivity contribution is 7.91. The average molecular weight is 367 g/mol. The van der Waals surface area contributed by atoms with E-state index in [-0.39, 0.29) is 10.8 Å². The van der Waals surface area contributed by atoms with Crippen molar-refractivity contribution in [3.8, 4) is 0 Å². The van der Waals surface area contributed by atoms with Crippen LogP contribution in [0.3, 0.4) is 0 Å². The van der Waals surface area contributed by atoms with Crippen LogP contribution in [0.1, 0.15) is 11.3 Å². The lowest BCUT2D eigenvalue weighted by atomic mass is 10.2. The van der Waals surface area contributed by atoms with Crippen LogP contribution in [-0.2, 0) is 23.1 Å². The van der Waals surface area contributed by atoms with Crippen molar-refractivity contribution in [2.75, 3.05) is 0 Å². The Kier molecular flexibility index (Phi) is 4.87. The van der Waals surface area contributed by atoms with Gasteiger partial charge in [-0.05, 0) is 29.8 Å². The summed E-state index contributed by atoms with van der Waals surface area (Å²) in [6, 6.07) is 17.0. The molecule has 0 atom stereocenters. The van der Waals surface area contributed by atoms with E-state index in [0.717, 1.165) is 22.6 Å². The van der Waals surface area contributed by atoms with E-state index >= 15 is 0 Å². The molecule has 0 aliphatic heterocycles. The van der Waals surface area contributed by atoms with Crippen molar-refractivity contribution >= 4 is 33.0 Å². The van der Waals surface area contributed by atoms with Gasteiger partial charge in [-0.15, -0.1) is 11.3 Å². The van der Waals surface area contributed by atoms with E-state index in [1.54, 1.807) is 6.07 Å². The minimum absolute atomic E-state index is 0.226. The predicted molar refractivity (Wildman–Crippen MR) is 93.3 cm³/mol. The smallest absolute Gasteiger partial charge is 0.250 e. The minimum atomic E-state index is -3.53. The first-order valence-corrected chi connectivity index (χ1v) is 9.65. The molecule has 3 aromatic rings. The molecular formula is C16H15ClN2O2S2. The number of hydrogen-bond acceptors (Lipinski definition) is 3. The van der Waals surface area contributed by atoms with E-state index in [2.05, 4.69) is 4.72 Å². The lowest BCUT2D eigenvalue weighted by molar-refractivity contribution is 0.580. The van der Waals surface area contributed by atoms with Crippen molar-refractivity contribution < 1.29 is 8.42 Å².